The van der Waals surface area contributed by atoms with Crippen molar-refractivity contribution in [2.75, 3.05) is 0 Å². The second-order valence-electron chi connectivity index (χ2n) is 4.75. The van der Waals surface area contributed by atoms with E-state index in [1.54, 1.807) is 18.5 Å². The number of nitrogens with zero attached hydrogens (tertiary/aromatic N) is 2. The Balaban J connectivity index is 2.41. The molecular weight excluding hydrogens is 253 g/mol. The van der Waals surface area contributed by atoms with Gasteiger partial charge in [-0.25, -0.2) is 4.39 Å². The van der Waals surface area contributed by atoms with Crippen LogP contribution < -0.4 is 5.73 Å². The van der Waals surface area contributed by atoms with Gasteiger partial charge in [-0.15, -0.1) is 0 Å². The molecule has 20 heavy (non-hydrogen) atoms. The topological polar surface area (TPSA) is 51.8 Å². The Hall–Kier alpha value is -2.33. The molecule has 100 valence electrons. The predicted molar refractivity (Wildman–Crippen MR) is 77.5 cm³/mol. The Morgan fingerprint density at radius 3 is 2.70 bits per heavy atom. The summed E-state index contributed by atoms with van der Waals surface area (Å²) in [7, 11) is 0. The van der Waals surface area contributed by atoms with E-state index in [4.69, 9.17) is 5.73 Å². The van der Waals surface area contributed by atoms with Crippen molar-refractivity contribution in [1.29, 1.82) is 0 Å². The van der Waals surface area contributed by atoms with Crippen molar-refractivity contribution in [3.63, 3.8) is 0 Å². The van der Waals surface area contributed by atoms with Gasteiger partial charge in [0.05, 0.1) is 11.2 Å². The minimum Gasteiger partial charge on any atom is -0.324 e. The van der Waals surface area contributed by atoms with Gasteiger partial charge in [0.15, 0.2) is 0 Å². The van der Waals surface area contributed by atoms with Gasteiger partial charge in [-0.05, 0) is 42.8 Å². The zero-order chi connectivity index (χ0) is 14.1. The number of hydrogen-bond acceptors (Lipinski definition) is 3. The van der Waals surface area contributed by atoms with Crippen LogP contribution in [0.1, 0.15) is 18.5 Å². The van der Waals surface area contributed by atoms with Crippen LogP contribution in [-0.2, 0) is 0 Å². The van der Waals surface area contributed by atoms with Crippen molar-refractivity contribution in [3.05, 3.63) is 60.2 Å². The van der Waals surface area contributed by atoms with Crippen LogP contribution >= 0.6 is 0 Å². The molecular formula is C16H14FN3. The van der Waals surface area contributed by atoms with E-state index in [2.05, 4.69) is 9.97 Å². The fraction of sp³-hybridized carbons (Fsp3) is 0.125. The maximum Gasteiger partial charge on any atom is 0.123 e. The Labute approximate surface area is 116 Å². The first-order chi connectivity index (χ1) is 9.66. The Morgan fingerprint density at radius 1 is 1.15 bits per heavy atom. The lowest BCUT2D eigenvalue weighted by atomic mass is 9.96. The second-order valence-corrected chi connectivity index (χ2v) is 4.75. The first-order valence-electron chi connectivity index (χ1n) is 6.42. The van der Waals surface area contributed by atoms with E-state index >= 15 is 0 Å². The van der Waals surface area contributed by atoms with Gasteiger partial charge >= 0.3 is 0 Å². The quantitative estimate of drug-likeness (QED) is 0.773. The van der Waals surface area contributed by atoms with Gasteiger partial charge in [0.1, 0.15) is 5.82 Å². The molecule has 1 atom stereocenters. The highest BCUT2D eigenvalue weighted by Crippen LogP contribution is 2.32. The summed E-state index contributed by atoms with van der Waals surface area (Å²) >= 11 is 0. The zero-order valence-electron chi connectivity index (χ0n) is 11.0. The molecule has 4 heteroatoms. The third kappa shape index (κ3) is 2.14. The minimum absolute atomic E-state index is 0.202. The molecule has 0 saturated carbocycles. The van der Waals surface area contributed by atoms with Gasteiger partial charge in [0.2, 0.25) is 0 Å². The number of pyridine rings is 2. The number of nitrogens with two attached hydrogens (primary N) is 1. The summed E-state index contributed by atoms with van der Waals surface area (Å²) in [5, 5.41) is 0.735. The molecule has 2 heterocycles. The third-order valence-corrected chi connectivity index (χ3v) is 3.27. The standard InChI is InChI=1S/C16H14FN3/c1-10(18)13-9-20-14-6-5-11(17)8-12(14)16(13)15-4-2-3-7-19-15/h2-10H,18H2,1H3. The first kappa shape index (κ1) is 12.7. The lowest BCUT2D eigenvalue weighted by Crippen LogP contribution is -2.08. The molecule has 1 unspecified atom stereocenters. The lowest BCUT2D eigenvalue weighted by molar-refractivity contribution is 0.629. The van der Waals surface area contributed by atoms with Crippen LogP contribution in [-0.4, -0.2) is 9.97 Å². The zero-order valence-corrected chi connectivity index (χ0v) is 11.0. The van der Waals surface area contributed by atoms with Gasteiger partial charge < -0.3 is 5.73 Å². The molecule has 0 radical (unpaired) electrons. The van der Waals surface area contributed by atoms with Gasteiger partial charge in [-0.3, -0.25) is 9.97 Å². The lowest BCUT2D eigenvalue weighted by Gasteiger charge is -2.14. The van der Waals surface area contributed by atoms with E-state index in [0.717, 1.165) is 27.7 Å². The van der Waals surface area contributed by atoms with Crippen LogP contribution in [0.5, 0.6) is 0 Å². The molecule has 3 nitrogen and oxygen atoms in total. The van der Waals surface area contributed by atoms with Gasteiger partial charge in [0.25, 0.3) is 0 Å². The Bertz CT molecular complexity index is 754. The summed E-state index contributed by atoms with van der Waals surface area (Å²) in [4.78, 5) is 8.72. The van der Waals surface area contributed by atoms with Crippen molar-refractivity contribution in [1.82, 2.24) is 9.97 Å². The molecule has 0 spiro atoms. The van der Waals surface area contributed by atoms with Crippen LogP contribution in [0.2, 0.25) is 0 Å². The maximum atomic E-state index is 13.6. The molecule has 0 bridgehead atoms. The molecule has 0 aliphatic rings. The molecule has 0 amide bonds. The van der Waals surface area contributed by atoms with Crippen LogP contribution in [0.25, 0.3) is 22.2 Å². The van der Waals surface area contributed by atoms with Crippen LogP contribution in [0.15, 0.2) is 48.8 Å². The summed E-state index contributed by atoms with van der Waals surface area (Å²) in [5.41, 5.74) is 9.24. The van der Waals surface area contributed by atoms with Crippen molar-refractivity contribution in [2.24, 2.45) is 5.73 Å². The second kappa shape index (κ2) is 4.98. The molecule has 3 rings (SSSR count). The molecule has 0 saturated heterocycles. The van der Waals surface area contributed by atoms with E-state index < -0.39 is 0 Å². The highest BCUT2D eigenvalue weighted by Gasteiger charge is 2.15. The van der Waals surface area contributed by atoms with Crippen molar-refractivity contribution >= 4 is 10.9 Å². The molecule has 0 aliphatic heterocycles. The normalized spacial score (nSPS) is 12.6. The van der Waals surface area contributed by atoms with E-state index in [9.17, 15) is 4.39 Å². The Kier molecular flexibility index (Phi) is 3.16. The molecule has 0 fully saturated rings. The predicted octanol–water partition coefficient (Wildman–Crippen LogP) is 3.46. The average Bonchev–Trinajstić information content (AvgIpc) is 2.46. The van der Waals surface area contributed by atoms with Crippen molar-refractivity contribution in [2.45, 2.75) is 13.0 Å². The fourth-order valence-electron chi connectivity index (χ4n) is 2.32. The van der Waals surface area contributed by atoms with E-state index in [0.29, 0.717) is 0 Å². The van der Waals surface area contributed by atoms with E-state index in [1.807, 2.05) is 25.1 Å². The minimum atomic E-state index is -0.293. The van der Waals surface area contributed by atoms with Crippen LogP contribution in [0, 0.1) is 5.82 Å². The number of hydrogen-bond donors (Lipinski definition) is 1. The van der Waals surface area contributed by atoms with Crippen LogP contribution in [0.3, 0.4) is 0 Å². The number of halogens is 1. The molecule has 2 N–H and O–H groups in total. The monoisotopic (exact) mass is 267 g/mol. The maximum absolute atomic E-state index is 13.6. The molecule has 1 aromatic carbocycles. The molecule has 0 aliphatic carbocycles. The fourth-order valence-corrected chi connectivity index (χ4v) is 2.32. The highest BCUT2D eigenvalue weighted by molar-refractivity contribution is 5.95. The van der Waals surface area contributed by atoms with Gasteiger partial charge in [0, 0.05) is 29.4 Å². The van der Waals surface area contributed by atoms with Crippen molar-refractivity contribution < 1.29 is 4.39 Å². The number of fused-ring (bicyclic) bond motifs is 1. The van der Waals surface area contributed by atoms with E-state index in [1.165, 1.54) is 12.1 Å². The summed E-state index contributed by atoms with van der Waals surface area (Å²) in [5.74, 6) is -0.293. The first-order valence-corrected chi connectivity index (χ1v) is 6.42. The number of benzene rings is 1. The summed E-state index contributed by atoms with van der Waals surface area (Å²) in [6.07, 6.45) is 3.46. The highest BCUT2D eigenvalue weighted by atomic mass is 19.1. The number of rotatable bonds is 2. The summed E-state index contributed by atoms with van der Waals surface area (Å²) in [6.45, 7) is 1.88. The summed E-state index contributed by atoms with van der Waals surface area (Å²) in [6, 6.07) is 10.00. The smallest absolute Gasteiger partial charge is 0.123 e. The molecule has 2 aromatic heterocycles. The largest absolute Gasteiger partial charge is 0.324 e. The van der Waals surface area contributed by atoms with Gasteiger partial charge in [-0.1, -0.05) is 6.07 Å². The van der Waals surface area contributed by atoms with Crippen LogP contribution in [0.4, 0.5) is 4.39 Å². The molecule has 3 aromatic rings. The van der Waals surface area contributed by atoms with Gasteiger partial charge in [-0.2, -0.15) is 0 Å². The third-order valence-electron chi connectivity index (χ3n) is 3.27. The average molecular weight is 267 g/mol. The Morgan fingerprint density at radius 2 is 2.00 bits per heavy atom. The van der Waals surface area contributed by atoms with Crippen molar-refractivity contribution in [3.8, 4) is 11.3 Å². The SMILES string of the molecule is CC(N)c1cnc2ccc(F)cc2c1-c1ccccn1. The summed E-state index contributed by atoms with van der Waals surface area (Å²) < 4.78 is 13.6. The number of aromatic nitrogens is 2. The van der Waals surface area contributed by atoms with E-state index in [-0.39, 0.29) is 11.9 Å².